The smallest absolute Gasteiger partial charge is 0.335 e. The Morgan fingerprint density at radius 2 is 2.00 bits per heavy atom. The lowest BCUT2D eigenvalue weighted by molar-refractivity contribution is 0.0697. The number of para-hydroxylation sites is 1. The Hall–Kier alpha value is -2.75. The van der Waals surface area contributed by atoms with Gasteiger partial charge in [-0.25, -0.2) is 4.79 Å². The van der Waals surface area contributed by atoms with Crippen LogP contribution in [-0.4, -0.2) is 18.2 Å². The van der Waals surface area contributed by atoms with Crippen molar-refractivity contribution in [1.82, 2.24) is 0 Å². The number of hydrogen-bond donors (Lipinski definition) is 2. The molecular formula is C20H19NO3. The quantitative estimate of drug-likeness (QED) is 0.831. The van der Waals surface area contributed by atoms with Crippen molar-refractivity contribution in [3.8, 4) is 5.75 Å². The van der Waals surface area contributed by atoms with Gasteiger partial charge in [0.25, 0.3) is 0 Å². The third-order valence-electron chi connectivity index (χ3n) is 5.10. The Kier molecular flexibility index (Phi) is 3.53. The van der Waals surface area contributed by atoms with Gasteiger partial charge in [-0.15, -0.1) is 0 Å². The van der Waals surface area contributed by atoms with Gasteiger partial charge in [-0.2, -0.15) is 0 Å². The molecule has 0 bridgehead atoms. The topological polar surface area (TPSA) is 58.6 Å². The Morgan fingerprint density at radius 1 is 1.21 bits per heavy atom. The minimum absolute atomic E-state index is 0.136. The minimum Gasteiger partial charge on any atom is -0.495 e. The van der Waals surface area contributed by atoms with Gasteiger partial charge in [0.2, 0.25) is 0 Å². The summed E-state index contributed by atoms with van der Waals surface area (Å²) in [4.78, 5) is 11.1. The van der Waals surface area contributed by atoms with Crippen LogP contribution >= 0.6 is 0 Å². The van der Waals surface area contributed by atoms with Crippen molar-refractivity contribution in [3.05, 3.63) is 71.3 Å². The number of rotatable bonds is 3. The fourth-order valence-corrected chi connectivity index (χ4v) is 3.93. The summed E-state index contributed by atoms with van der Waals surface area (Å²) < 4.78 is 5.53. The highest BCUT2D eigenvalue weighted by Crippen LogP contribution is 2.52. The summed E-state index contributed by atoms with van der Waals surface area (Å²) in [7, 11) is 1.69. The highest BCUT2D eigenvalue weighted by molar-refractivity contribution is 5.87. The first-order valence-corrected chi connectivity index (χ1v) is 8.12. The first-order valence-electron chi connectivity index (χ1n) is 8.12. The predicted octanol–water partition coefficient (Wildman–Crippen LogP) is 4.22. The lowest BCUT2D eigenvalue weighted by Gasteiger charge is -2.38. The largest absolute Gasteiger partial charge is 0.495 e. The molecule has 2 N–H and O–H groups in total. The third kappa shape index (κ3) is 2.26. The summed E-state index contributed by atoms with van der Waals surface area (Å²) in [5, 5.41) is 12.7. The van der Waals surface area contributed by atoms with Crippen molar-refractivity contribution in [2.75, 3.05) is 12.4 Å². The van der Waals surface area contributed by atoms with E-state index in [9.17, 15) is 4.79 Å². The maximum absolute atomic E-state index is 11.1. The molecule has 2 aromatic carbocycles. The fourth-order valence-electron chi connectivity index (χ4n) is 3.93. The van der Waals surface area contributed by atoms with Crippen LogP contribution in [0.25, 0.3) is 0 Å². The zero-order valence-electron chi connectivity index (χ0n) is 13.4. The molecule has 2 aromatic rings. The summed E-state index contributed by atoms with van der Waals surface area (Å²) in [6.45, 7) is 0. The minimum atomic E-state index is -0.898. The van der Waals surface area contributed by atoms with Crippen molar-refractivity contribution in [3.63, 3.8) is 0 Å². The number of aromatic carboxylic acids is 1. The van der Waals surface area contributed by atoms with Gasteiger partial charge in [0.15, 0.2) is 0 Å². The van der Waals surface area contributed by atoms with Crippen molar-refractivity contribution >= 4 is 11.7 Å². The molecule has 0 radical (unpaired) electrons. The molecule has 0 saturated heterocycles. The molecule has 4 rings (SSSR count). The van der Waals surface area contributed by atoms with Crippen LogP contribution in [0, 0.1) is 5.92 Å². The summed E-state index contributed by atoms with van der Waals surface area (Å²) in [5.41, 5.74) is 3.73. The van der Waals surface area contributed by atoms with Crippen LogP contribution in [0.15, 0.2) is 54.6 Å². The molecule has 0 unspecified atom stereocenters. The standard InChI is InChI=1S/C20H19NO3/c1-24-17-7-3-6-16-14-4-2-5-15(14)18(21-19(16)17)12-8-10-13(11-9-12)20(22)23/h2-4,6-11,14-15,18,21H,5H2,1H3,(H,22,23)/t14-,15-,18-/m1/s1. The first kappa shape index (κ1) is 14.8. The number of carbonyl (C=O) groups is 1. The summed E-state index contributed by atoms with van der Waals surface area (Å²) >= 11 is 0. The molecule has 0 fully saturated rings. The normalized spacial score (nSPS) is 24.0. The molecule has 1 heterocycles. The van der Waals surface area contributed by atoms with E-state index in [0.717, 1.165) is 23.4 Å². The Balaban J connectivity index is 1.76. The van der Waals surface area contributed by atoms with Crippen molar-refractivity contribution in [2.45, 2.75) is 18.4 Å². The van der Waals surface area contributed by atoms with Crippen molar-refractivity contribution in [1.29, 1.82) is 0 Å². The highest BCUT2D eigenvalue weighted by Gasteiger charge is 2.38. The number of benzene rings is 2. The number of ether oxygens (including phenoxy) is 1. The monoisotopic (exact) mass is 321 g/mol. The van der Waals surface area contributed by atoms with E-state index >= 15 is 0 Å². The van der Waals surface area contributed by atoms with Crippen LogP contribution in [0.1, 0.15) is 39.9 Å². The fraction of sp³-hybridized carbons (Fsp3) is 0.250. The average Bonchev–Trinajstić information content (AvgIpc) is 3.10. The van der Waals surface area contributed by atoms with Crippen LogP contribution < -0.4 is 10.1 Å². The molecule has 2 aliphatic rings. The van der Waals surface area contributed by atoms with Crippen LogP contribution in [0.5, 0.6) is 5.75 Å². The zero-order chi connectivity index (χ0) is 16.7. The van der Waals surface area contributed by atoms with Gasteiger partial charge >= 0.3 is 5.97 Å². The van der Waals surface area contributed by atoms with Gasteiger partial charge in [-0.3, -0.25) is 0 Å². The van der Waals surface area contributed by atoms with E-state index in [4.69, 9.17) is 9.84 Å². The molecule has 1 aliphatic carbocycles. The van der Waals surface area contributed by atoms with E-state index in [-0.39, 0.29) is 6.04 Å². The predicted molar refractivity (Wildman–Crippen MR) is 92.7 cm³/mol. The second-order valence-electron chi connectivity index (χ2n) is 6.33. The van der Waals surface area contributed by atoms with Crippen molar-refractivity contribution in [2.24, 2.45) is 5.92 Å². The molecule has 122 valence electrons. The van der Waals surface area contributed by atoms with E-state index in [1.165, 1.54) is 5.56 Å². The van der Waals surface area contributed by atoms with Crippen LogP contribution in [0.3, 0.4) is 0 Å². The van der Waals surface area contributed by atoms with Crippen LogP contribution in [0.2, 0.25) is 0 Å². The lowest BCUT2D eigenvalue weighted by Crippen LogP contribution is -2.29. The van der Waals surface area contributed by atoms with E-state index in [2.05, 4.69) is 23.5 Å². The molecule has 0 aromatic heterocycles. The molecule has 3 atom stereocenters. The van der Waals surface area contributed by atoms with Gasteiger partial charge in [-0.1, -0.05) is 36.4 Å². The second kappa shape index (κ2) is 5.71. The number of allylic oxidation sites excluding steroid dienone is 2. The van der Waals surface area contributed by atoms with Gasteiger partial charge in [0.1, 0.15) is 5.75 Å². The number of anilines is 1. The van der Waals surface area contributed by atoms with E-state index in [1.54, 1.807) is 19.2 Å². The molecular weight excluding hydrogens is 302 g/mol. The first-order chi connectivity index (χ1) is 11.7. The molecule has 0 amide bonds. The number of hydrogen-bond acceptors (Lipinski definition) is 3. The maximum atomic E-state index is 11.1. The van der Waals surface area contributed by atoms with Crippen LogP contribution in [0.4, 0.5) is 5.69 Å². The van der Waals surface area contributed by atoms with Gasteiger partial charge in [0.05, 0.1) is 24.4 Å². The van der Waals surface area contributed by atoms with Crippen molar-refractivity contribution < 1.29 is 14.6 Å². The summed E-state index contributed by atoms with van der Waals surface area (Å²) in [5.74, 6) is 0.741. The molecule has 4 nitrogen and oxygen atoms in total. The summed E-state index contributed by atoms with van der Waals surface area (Å²) in [6, 6.07) is 13.5. The Morgan fingerprint density at radius 3 is 2.71 bits per heavy atom. The van der Waals surface area contributed by atoms with Gasteiger partial charge in [0, 0.05) is 5.92 Å². The average molecular weight is 321 g/mol. The SMILES string of the molecule is COc1cccc2c1N[C@H](c1ccc(C(=O)O)cc1)[C@@H]1CC=C[C@@H]21. The van der Waals surface area contributed by atoms with Crippen LogP contribution in [-0.2, 0) is 0 Å². The summed E-state index contributed by atoms with van der Waals surface area (Å²) in [6.07, 6.45) is 5.53. The number of fused-ring (bicyclic) bond motifs is 3. The number of carboxylic acids is 1. The third-order valence-corrected chi connectivity index (χ3v) is 5.10. The molecule has 1 aliphatic heterocycles. The molecule has 0 spiro atoms. The maximum Gasteiger partial charge on any atom is 0.335 e. The Bertz CT molecular complexity index is 810. The molecule has 0 saturated carbocycles. The number of nitrogens with one attached hydrogen (secondary N) is 1. The number of carboxylic acid groups (broad SMARTS) is 1. The van der Waals surface area contributed by atoms with E-state index < -0.39 is 5.97 Å². The highest BCUT2D eigenvalue weighted by atomic mass is 16.5. The number of methoxy groups -OCH3 is 1. The lowest BCUT2D eigenvalue weighted by atomic mass is 9.77. The second-order valence-corrected chi connectivity index (χ2v) is 6.33. The van der Waals surface area contributed by atoms with Gasteiger partial charge in [-0.05, 0) is 41.7 Å². The molecule has 24 heavy (non-hydrogen) atoms. The van der Waals surface area contributed by atoms with Gasteiger partial charge < -0.3 is 15.2 Å². The zero-order valence-corrected chi connectivity index (χ0v) is 13.4. The molecule has 4 heteroatoms. The van der Waals surface area contributed by atoms with E-state index in [0.29, 0.717) is 17.4 Å². The Labute approximate surface area is 140 Å². The van der Waals surface area contributed by atoms with E-state index in [1.807, 2.05) is 24.3 Å².